The van der Waals surface area contributed by atoms with E-state index in [-0.39, 0.29) is 28.5 Å². The van der Waals surface area contributed by atoms with E-state index in [1.807, 2.05) is 20.8 Å². The molecule has 0 saturated heterocycles. The Bertz CT molecular complexity index is 1000. The van der Waals surface area contributed by atoms with Crippen LogP contribution in [0, 0.1) is 5.82 Å². The third kappa shape index (κ3) is 4.62. The Hall–Kier alpha value is -3.48. The zero-order valence-corrected chi connectivity index (χ0v) is 15.7. The Morgan fingerprint density at radius 2 is 1.68 bits per heavy atom. The Kier molecular flexibility index (Phi) is 5.26. The van der Waals surface area contributed by atoms with Crippen molar-refractivity contribution in [3.8, 4) is 11.3 Å². The number of carbonyl (C=O) groups excluding carboxylic acids is 2. The lowest BCUT2D eigenvalue weighted by Crippen LogP contribution is -2.40. The number of benzene rings is 2. The number of hydrogen-bond acceptors (Lipinski definition) is 4. The van der Waals surface area contributed by atoms with Gasteiger partial charge in [-0.15, -0.1) is 0 Å². The third-order valence-corrected chi connectivity index (χ3v) is 3.78. The molecule has 1 heterocycles. The first-order valence-electron chi connectivity index (χ1n) is 8.68. The molecule has 7 heteroatoms. The number of carbonyl (C=O) groups is 2. The summed E-state index contributed by atoms with van der Waals surface area (Å²) in [6.07, 6.45) is 0. The van der Waals surface area contributed by atoms with Gasteiger partial charge in [0.05, 0.1) is 5.56 Å². The van der Waals surface area contributed by atoms with Crippen LogP contribution in [-0.4, -0.2) is 22.5 Å². The average Bonchev–Trinajstić information content (AvgIpc) is 3.11. The predicted octanol–water partition coefficient (Wildman–Crippen LogP) is 4.26. The van der Waals surface area contributed by atoms with Gasteiger partial charge in [-0.2, -0.15) is 0 Å². The molecule has 2 N–H and O–H groups in total. The molecular weight excluding hydrogens is 361 g/mol. The summed E-state index contributed by atoms with van der Waals surface area (Å²) in [6.45, 7) is 5.69. The molecular formula is C21H20FN3O3. The molecule has 0 atom stereocenters. The lowest BCUT2D eigenvalue weighted by atomic mass is 10.1. The number of rotatable bonds is 4. The van der Waals surface area contributed by atoms with E-state index in [4.69, 9.17) is 4.52 Å². The van der Waals surface area contributed by atoms with Crippen LogP contribution in [0.25, 0.3) is 11.3 Å². The lowest BCUT2D eigenvalue weighted by Gasteiger charge is -2.20. The number of amides is 2. The molecule has 0 aliphatic rings. The van der Waals surface area contributed by atoms with Crippen LogP contribution in [0.2, 0.25) is 0 Å². The SMILES string of the molecule is CC(C)(C)NC(=O)c1ccc(NC(=O)c2cc(-c3ccccc3F)on2)cc1. The monoisotopic (exact) mass is 381 g/mol. The zero-order valence-electron chi connectivity index (χ0n) is 15.7. The molecule has 0 radical (unpaired) electrons. The van der Waals surface area contributed by atoms with Crippen LogP contribution in [-0.2, 0) is 0 Å². The van der Waals surface area contributed by atoms with Crippen LogP contribution < -0.4 is 10.6 Å². The van der Waals surface area contributed by atoms with Gasteiger partial charge < -0.3 is 15.2 Å². The summed E-state index contributed by atoms with van der Waals surface area (Å²) >= 11 is 0. The van der Waals surface area contributed by atoms with Crippen LogP contribution in [0.1, 0.15) is 41.6 Å². The summed E-state index contributed by atoms with van der Waals surface area (Å²) in [4.78, 5) is 24.5. The summed E-state index contributed by atoms with van der Waals surface area (Å²) in [6, 6.07) is 13.9. The normalized spacial score (nSPS) is 11.1. The molecule has 2 aromatic carbocycles. The van der Waals surface area contributed by atoms with E-state index in [0.717, 1.165) is 0 Å². The van der Waals surface area contributed by atoms with Gasteiger partial charge in [-0.25, -0.2) is 4.39 Å². The van der Waals surface area contributed by atoms with Gasteiger partial charge in [0, 0.05) is 22.9 Å². The van der Waals surface area contributed by atoms with Crippen molar-refractivity contribution in [1.82, 2.24) is 10.5 Å². The standard InChI is InChI=1S/C21H20FN3O3/c1-21(2,3)24-19(26)13-8-10-14(11-9-13)23-20(27)17-12-18(28-25-17)15-6-4-5-7-16(15)22/h4-12H,1-3H3,(H,23,27)(H,24,26). The predicted molar refractivity (Wildman–Crippen MR) is 104 cm³/mol. The molecule has 0 aliphatic heterocycles. The molecule has 0 aliphatic carbocycles. The highest BCUT2D eigenvalue weighted by Crippen LogP contribution is 2.23. The zero-order chi connectivity index (χ0) is 20.3. The first-order valence-corrected chi connectivity index (χ1v) is 8.68. The van der Waals surface area contributed by atoms with E-state index in [1.165, 1.54) is 12.1 Å². The number of halogens is 1. The van der Waals surface area contributed by atoms with Gasteiger partial charge in [0.1, 0.15) is 5.82 Å². The molecule has 3 aromatic rings. The molecule has 144 valence electrons. The van der Waals surface area contributed by atoms with E-state index >= 15 is 0 Å². The highest BCUT2D eigenvalue weighted by molar-refractivity contribution is 6.03. The second-order valence-electron chi connectivity index (χ2n) is 7.29. The van der Waals surface area contributed by atoms with Gasteiger partial charge in [-0.05, 0) is 57.2 Å². The molecule has 28 heavy (non-hydrogen) atoms. The smallest absolute Gasteiger partial charge is 0.277 e. The maximum atomic E-state index is 13.8. The number of nitrogens with one attached hydrogen (secondary N) is 2. The second kappa shape index (κ2) is 7.64. The van der Waals surface area contributed by atoms with Crippen molar-refractivity contribution in [2.24, 2.45) is 0 Å². The van der Waals surface area contributed by atoms with Gasteiger partial charge >= 0.3 is 0 Å². The van der Waals surface area contributed by atoms with Gasteiger partial charge in [0.25, 0.3) is 11.8 Å². The average molecular weight is 381 g/mol. The maximum Gasteiger partial charge on any atom is 0.277 e. The number of anilines is 1. The largest absolute Gasteiger partial charge is 0.355 e. The molecule has 6 nitrogen and oxygen atoms in total. The van der Waals surface area contributed by atoms with Crippen LogP contribution in [0.5, 0.6) is 0 Å². The molecule has 0 fully saturated rings. The fourth-order valence-electron chi connectivity index (χ4n) is 2.48. The fourth-order valence-corrected chi connectivity index (χ4v) is 2.48. The van der Waals surface area contributed by atoms with Crippen LogP contribution in [0.3, 0.4) is 0 Å². The van der Waals surface area contributed by atoms with Crippen molar-refractivity contribution in [2.75, 3.05) is 5.32 Å². The number of aromatic nitrogens is 1. The van der Waals surface area contributed by atoms with Crippen molar-refractivity contribution in [2.45, 2.75) is 26.3 Å². The third-order valence-electron chi connectivity index (χ3n) is 3.78. The highest BCUT2D eigenvalue weighted by atomic mass is 19.1. The van der Waals surface area contributed by atoms with Gasteiger partial charge in [0.2, 0.25) is 0 Å². The molecule has 1 aromatic heterocycles. The number of hydrogen-bond donors (Lipinski definition) is 2. The van der Waals surface area contributed by atoms with Gasteiger partial charge in [-0.3, -0.25) is 9.59 Å². The first kappa shape index (κ1) is 19.3. The minimum absolute atomic E-state index is 0.0211. The van der Waals surface area contributed by atoms with Gasteiger partial charge in [-0.1, -0.05) is 17.3 Å². The highest BCUT2D eigenvalue weighted by Gasteiger charge is 2.17. The van der Waals surface area contributed by atoms with E-state index < -0.39 is 11.7 Å². The van der Waals surface area contributed by atoms with E-state index in [2.05, 4.69) is 15.8 Å². The topological polar surface area (TPSA) is 84.2 Å². The van der Waals surface area contributed by atoms with E-state index in [0.29, 0.717) is 11.3 Å². The van der Waals surface area contributed by atoms with Crippen LogP contribution in [0.4, 0.5) is 10.1 Å². The fraction of sp³-hybridized carbons (Fsp3) is 0.190. The van der Waals surface area contributed by atoms with Crippen molar-refractivity contribution < 1.29 is 18.5 Å². The maximum absolute atomic E-state index is 13.8. The van der Waals surface area contributed by atoms with E-state index in [9.17, 15) is 14.0 Å². The molecule has 2 amide bonds. The summed E-state index contributed by atoms with van der Waals surface area (Å²) in [5.74, 6) is -0.998. The van der Waals surface area contributed by atoms with Crippen LogP contribution >= 0.6 is 0 Å². The van der Waals surface area contributed by atoms with Crippen LogP contribution in [0.15, 0.2) is 59.1 Å². The summed E-state index contributed by atoms with van der Waals surface area (Å²) in [5, 5.41) is 9.23. The van der Waals surface area contributed by atoms with Crippen molar-refractivity contribution in [1.29, 1.82) is 0 Å². The first-order chi connectivity index (χ1) is 13.2. The van der Waals surface area contributed by atoms with E-state index in [1.54, 1.807) is 42.5 Å². The summed E-state index contributed by atoms with van der Waals surface area (Å²) in [7, 11) is 0. The Balaban J connectivity index is 1.69. The summed E-state index contributed by atoms with van der Waals surface area (Å²) in [5.41, 5.74) is 0.882. The number of nitrogens with zero attached hydrogens (tertiary/aromatic N) is 1. The molecule has 0 bridgehead atoms. The molecule has 0 saturated carbocycles. The molecule has 0 spiro atoms. The Morgan fingerprint density at radius 1 is 1.00 bits per heavy atom. The van der Waals surface area contributed by atoms with Gasteiger partial charge in [0.15, 0.2) is 11.5 Å². The lowest BCUT2D eigenvalue weighted by molar-refractivity contribution is 0.0919. The second-order valence-corrected chi connectivity index (χ2v) is 7.29. The summed E-state index contributed by atoms with van der Waals surface area (Å²) < 4.78 is 18.9. The Labute approximate surface area is 161 Å². The van der Waals surface area contributed by atoms with Crippen molar-refractivity contribution in [3.63, 3.8) is 0 Å². The molecule has 0 unspecified atom stereocenters. The molecule has 3 rings (SSSR count). The quantitative estimate of drug-likeness (QED) is 0.707. The Morgan fingerprint density at radius 3 is 2.32 bits per heavy atom. The minimum Gasteiger partial charge on any atom is -0.355 e. The minimum atomic E-state index is -0.502. The van der Waals surface area contributed by atoms with Crippen molar-refractivity contribution in [3.05, 3.63) is 71.7 Å². The van der Waals surface area contributed by atoms with Crippen molar-refractivity contribution >= 4 is 17.5 Å².